The Hall–Kier alpha value is -0.140. The molecular weight excluding hydrogens is 230 g/mol. The number of halogens is 2. The molecule has 0 nitrogen and oxygen atoms in total. The second-order valence-corrected chi connectivity index (χ2v) is 5.33. The van der Waals surface area contributed by atoms with E-state index in [1.54, 1.807) is 0 Å². The Morgan fingerprint density at radius 3 is 1.22 bits per heavy atom. The molecule has 0 spiro atoms. The van der Waals surface area contributed by atoms with Crippen LogP contribution in [0.1, 0.15) is 96.8 Å². The monoisotopic (exact) mass is 261 g/mol. The summed E-state index contributed by atoms with van der Waals surface area (Å²) in [5, 5.41) is 0. The van der Waals surface area contributed by atoms with E-state index >= 15 is 0 Å². The summed E-state index contributed by atoms with van der Waals surface area (Å²) in [6.07, 6.45) is 14.9. The van der Waals surface area contributed by atoms with Gasteiger partial charge in [0.25, 0.3) is 0 Å². The molecule has 0 aliphatic rings. The molecule has 0 rings (SSSR count). The Labute approximate surface area is 113 Å². The molecule has 18 heavy (non-hydrogen) atoms. The third-order valence-electron chi connectivity index (χ3n) is 3.47. The highest BCUT2D eigenvalue weighted by atomic mass is 19.3. The van der Waals surface area contributed by atoms with Crippen LogP contribution >= 0.6 is 0 Å². The molecule has 0 atom stereocenters. The van der Waals surface area contributed by atoms with Crippen molar-refractivity contribution in [2.24, 2.45) is 0 Å². The van der Waals surface area contributed by atoms with Gasteiger partial charge in [-0.3, -0.25) is 0 Å². The van der Waals surface area contributed by atoms with Crippen molar-refractivity contribution in [3.8, 4) is 0 Å². The maximum absolute atomic E-state index is 11.8. The van der Waals surface area contributed by atoms with Gasteiger partial charge in [-0.25, -0.2) is 0 Å². The smallest absolute Gasteiger partial charge is 0.200 e. The van der Waals surface area contributed by atoms with Crippen LogP contribution in [0.5, 0.6) is 0 Å². The average molecular weight is 261 g/mol. The van der Waals surface area contributed by atoms with E-state index in [9.17, 15) is 8.78 Å². The van der Waals surface area contributed by atoms with Gasteiger partial charge in [0.2, 0.25) is 0 Å². The van der Waals surface area contributed by atoms with Crippen molar-refractivity contribution in [3.63, 3.8) is 0 Å². The molecular formula is C16H31F2. The number of unbranched alkanes of at least 4 members (excludes halogenated alkanes) is 12. The Morgan fingerprint density at radius 1 is 0.556 bits per heavy atom. The zero-order valence-electron chi connectivity index (χ0n) is 12.2. The van der Waals surface area contributed by atoms with Crippen LogP contribution < -0.4 is 0 Å². The lowest BCUT2D eigenvalue weighted by molar-refractivity contribution is 0.264. The highest BCUT2D eigenvalue weighted by molar-refractivity contribution is 4.59. The lowest BCUT2D eigenvalue weighted by atomic mass is 10.0. The fourth-order valence-corrected chi connectivity index (χ4v) is 2.28. The van der Waals surface area contributed by atoms with E-state index in [0.717, 1.165) is 12.8 Å². The van der Waals surface area contributed by atoms with E-state index in [1.807, 2.05) is 0 Å². The molecule has 0 fully saturated rings. The van der Waals surface area contributed by atoms with Crippen LogP contribution in [-0.2, 0) is 0 Å². The summed E-state index contributed by atoms with van der Waals surface area (Å²) in [7, 11) is 0. The topological polar surface area (TPSA) is 0 Å². The van der Waals surface area contributed by atoms with E-state index in [1.165, 1.54) is 64.2 Å². The van der Waals surface area contributed by atoms with Crippen LogP contribution in [0.25, 0.3) is 0 Å². The number of hydrogen-bond donors (Lipinski definition) is 0. The maximum atomic E-state index is 11.8. The number of rotatable bonds is 14. The normalized spacial score (nSPS) is 11.3. The van der Waals surface area contributed by atoms with Crippen molar-refractivity contribution in [3.05, 3.63) is 6.43 Å². The van der Waals surface area contributed by atoms with Gasteiger partial charge in [0.1, 0.15) is 0 Å². The van der Waals surface area contributed by atoms with E-state index in [-0.39, 0.29) is 6.42 Å². The first-order valence-corrected chi connectivity index (χ1v) is 7.94. The molecule has 0 aromatic heterocycles. The average Bonchev–Trinajstić information content (AvgIpc) is 2.34. The molecule has 2 heteroatoms. The van der Waals surface area contributed by atoms with Crippen LogP contribution in [0.2, 0.25) is 0 Å². The summed E-state index contributed by atoms with van der Waals surface area (Å²) >= 11 is 0. The van der Waals surface area contributed by atoms with E-state index in [2.05, 4.69) is 6.92 Å². The van der Waals surface area contributed by atoms with Gasteiger partial charge in [0.05, 0.1) is 0 Å². The predicted octanol–water partition coefficient (Wildman–Crippen LogP) is 6.90. The lowest BCUT2D eigenvalue weighted by Gasteiger charge is -2.02. The van der Waals surface area contributed by atoms with Crippen molar-refractivity contribution in [1.82, 2.24) is 0 Å². The molecule has 0 aliphatic heterocycles. The van der Waals surface area contributed by atoms with Crippen molar-refractivity contribution >= 4 is 0 Å². The maximum Gasteiger partial charge on any atom is 0.310 e. The van der Waals surface area contributed by atoms with Crippen molar-refractivity contribution in [2.45, 2.75) is 96.8 Å². The quantitative estimate of drug-likeness (QED) is 0.298. The molecule has 0 N–H and O–H groups in total. The summed E-state index contributed by atoms with van der Waals surface area (Å²) in [5.74, 6) is 0. The van der Waals surface area contributed by atoms with Crippen molar-refractivity contribution in [2.75, 3.05) is 0 Å². The third-order valence-corrected chi connectivity index (χ3v) is 3.47. The fourth-order valence-electron chi connectivity index (χ4n) is 2.28. The molecule has 0 aromatic rings. The van der Waals surface area contributed by atoms with Crippen LogP contribution in [0.3, 0.4) is 0 Å². The summed E-state index contributed by atoms with van der Waals surface area (Å²) in [6.45, 7) is 2.25. The van der Waals surface area contributed by atoms with Gasteiger partial charge in [0, 0.05) is 6.42 Å². The van der Waals surface area contributed by atoms with Gasteiger partial charge in [0.15, 0.2) is 0 Å². The second-order valence-electron chi connectivity index (χ2n) is 5.33. The molecule has 0 heterocycles. The van der Waals surface area contributed by atoms with E-state index in [4.69, 9.17) is 0 Å². The van der Waals surface area contributed by atoms with E-state index in [0.29, 0.717) is 6.42 Å². The minimum Gasteiger partial charge on any atom is -0.200 e. The summed E-state index contributed by atoms with van der Waals surface area (Å²) < 4.78 is 23.6. The molecule has 0 saturated heterocycles. The van der Waals surface area contributed by atoms with Gasteiger partial charge in [-0.2, -0.15) is 8.78 Å². The van der Waals surface area contributed by atoms with Crippen LogP contribution in [0.15, 0.2) is 0 Å². The second kappa shape index (κ2) is 14.9. The Balaban J connectivity index is 2.90. The first-order chi connectivity index (χ1) is 8.77. The molecule has 0 aliphatic carbocycles. The van der Waals surface area contributed by atoms with Crippen molar-refractivity contribution < 1.29 is 8.78 Å². The highest BCUT2D eigenvalue weighted by Gasteiger charge is 2.03. The van der Waals surface area contributed by atoms with Crippen LogP contribution in [0.4, 0.5) is 8.78 Å². The molecule has 0 aromatic carbocycles. The minimum atomic E-state index is -1.40. The van der Waals surface area contributed by atoms with Crippen LogP contribution in [-0.4, -0.2) is 0 Å². The summed E-state index contributed by atoms with van der Waals surface area (Å²) in [4.78, 5) is 0. The predicted molar refractivity (Wildman–Crippen MR) is 75.8 cm³/mol. The van der Waals surface area contributed by atoms with Crippen LogP contribution in [0, 0.1) is 6.43 Å². The molecule has 0 saturated carbocycles. The highest BCUT2D eigenvalue weighted by Crippen LogP contribution is 2.16. The summed E-state index contributed by atoms with van der Waals surface area (Å²) in [5.41, 5.74) is 0. The van der Waals surface area contributed by atoms with Gasteiger partial charge < -0.3 is 0 Å². The molecule has 1 radical (unpaired) electrons. The van der Waals surface area contributed by atoms with Gasteiger partial charge in [-0.15, -0.1) is 0 Å². The fraction of sp³-hybridized carbons (Fsp3) is 0.938. The molecule has 109 valence electrons. The van der Waals surface area contributed by atoms with Gasteiger partial charge in [-0.1, -0.05) is 84.0 Å². The molecule has 0 bridgehead atoms. The molecule has 0 unspecified atom stereocenters. The Morgan fingerprint density at radius 2 is 0.889 bits per heavy atom. The minimum absolute atomic E-state index is 0.0117. The van der Waals surface area contributed by atoms with E-state index < -0.39 is 6.43 Å². The SMILES string of the molecule is CCCCCCCCCCCCCCC[C](F)F. The number of hydrogen-bond acceptors (Lipinski definition) is 0. The lowest BCUT2D eigenvalue weighted by Crippen LogP contribution is -1.84. The largest absolute Gasteiger partial charge is 0.310 e. The zero-order valence-corrected chi connectivity index (χ0v) is 12.2. The van der Waals surface area contributed by atoms with Gasteiger partial charge >= 0.3 is 6.43 Å². The Bertz CT molecular complexity index is 146. The summed E-state index contributed by atoms with van der Waals surface area (Å²) in [6, 6.07) is 0. The zero-order chi connectivity index (χ0) is 13.5. The Kier molecular flexibility index (Phi) is 14.8. The van der Waals surface area contributed by atoms with Crippen molar-refractivity contribution in [1.29, 1.82) is 0 Å². The molecule has 0 amide bonds. The third kappa shape index (κ3) is 15.9. The standard InChI is InChI=1S/C16H31F2/c1-2-3-4-5-6-7-8-9-10-11-12-13-14-15-16(17)18/h2-15H2,1H3. The first kappa shape index (κ1) is 17.9. The van der Waals surface area contributed by atoms with Gasteiger partial charge in [-0.05, 0) is 6.42 Å². The first-order valence-electron chi connectivity index (χ1n) is 7.94.